The first-order chi connectivity index (χ1) is 9.90. The number of hydrogen-bond acceptors (Lipinski definition) is 2. The number of hydrogen-bond donors (Lipinski definition) is 0. The first kappa shape index (κ1) is 16.4. The predicted octanol–water partition coefficient (Wildman–Crippen LogP) is 5.55. The Morgan fingerprint density at radius 1 is 0.762 bits per heavy atom. The maximum Gasteiger partial charge on any atom is 0.133 e. The molecular weight excluding hydrogens is 396 g/mol. The quantitative estimate of drug-likeness (QED) is 0.653. The Morgan fingerprint density at radius 3 is 1.48 bits per heavy atom. The molecule has 0 amide bonds. The van der Waals surface area contributed by atoms with Crippen LogP contribution in [0.2, 0.25) is 0 Å². The molecule has 0 radical (unpaired) electrons. The van der Waals surface area contributed by atoms with Crippen molar-refractivity contribution >= 4 is 31.9 Å². The Labute approximate surface area is 142 Å². The number of rotatable bonds is 4. The highest BCUT2D eigenvalue weighted by Crippen LogP contribution is 2.38. The summed E-state index contributed by atoms with van der Waals surface area (Å²) < 4.78 is 12.7. The minimum absolute atomic E-state index is 0.151. The summed E-state index contributed by atoms with van der Waals surface area (Å²) in [5.74, 6) is 1.68. The molecule has 0 unspecified atom stereocenters. The molecule has 0 atom stereocenters. The smallest absolute Gasteiger partial charge is 0.133 e. The molecule has 4 heteroatoms. The van der Waals surface area contributed by atoms with E-state index in [4.69, 9.17) is 9.47 Å². The molecule has 0 N–H and O–H groups in total. The van der Waals surface area contributed by atoms with Crippen LogP contribution in [0.4, 0.5) is 0 Å². The molecule has 0 aliphatic rings. The molecule has 0 aliphatic carbocycles. The molecule has 2 nitrogen and oxygen atoms in total. The van der Waals surface area contributed by atoms with Crippen LogP contribution in [0.1, 0.15) is 25.0 Å². The Balaban J connectivity index is 2.50. The first-order valence-corrected chi connectivity index (χ1v) is 8.16. The zero-order chi connectivity index (χ0) is 15.6. The highest BCUT2D eigenvalue weighted by atomic mass is 79.9. The van der Waals surface area contributed by atoms with Gasteiger partial charge in [0.25, 0.3) is 0 Å². The van der Waals surface area contributed by atoms with E-state index in [1.807, 2.05) is 12.1 Å². The van der Waals surface area contributed by atoms with Crippen molar-refractivity contribution in [3.63, 3.8) is 0 Å². The third kappa shape index (κ3) is 3.27. The predicted molar refractivity (Wildman–Crippen MR) is 93.5 cm³/mol. The fourth-order valence-electron chi connectivity index (χ4n) is 2.26. The average Bonchev–Trinajstić information content (AvgIpc) is 2.47. The molecule has 21 heavy (non-hydrogen) atoms. The van der Waals surface area contributed by atoms with Crippen molar-refractivity contribution < 1.29 is 9.47 Å². The number of halogens is 2. The number of benzene rings is 2. The first-order valence-electron chi connectivity index (χ1n) is 6.58. The molecule has 0 saturated carbocycles. The lowest BCUT2D eigenvalue weighted by atomic mass is 9.78. The zero-order valence-corrected chi connectivity index (χ0v) is 15.7. The molecule has 2 aromatic carbocycles. The maximum absolute atomic E-state index is 5.40. The van der Waals surface area contributed by atoms with Crippen molar-refractivity contribution in [1.29, 1.82) is 0 Å². The Morgan fingerprint density at radius 2 is 1.14 bits per heavy atom. The van der Waals surface area contributed by atoms with Gasteiger partial charge in [-0.2, -0.15) is 0 Å². The van der Waals surface area contributed by atoms with Crippen LogP contribution in [0.5, 0.6) is 11.5 Å². The fraction of sp³-hybridized carbons (Fsp3) is 0.294. The van der Waals surface area contributed by atoms with E-state index in [0.717, 1.165) is 20.4 Å². The van der Waals surface area contributed by atoms with Crippen molar-refractivity contribution in [2.75, 3.05) is 14.2 Å². The molecule has 0 bridgehead atoms. The topological polar surface area (TPSA) is 18.5 Å². The van der Waals surface area contributed by atoms with Crippen LogP contribution in [0.15, 0.2) is 45.3 Å². The zero-order valence-electron chi connectivity index (χ0n) is 12.5. The van der Waals surface area contributed by atoms with Crippen molar-refractivity contribution in [2.45, 2.75) is 19.3 Å². The Hall–Kier alpha value is -1.00. The molecule has 2 aromatic rings. The highest BCUT2D eigenvalue weighted by Gasteiger charge is 2.25. The van der Waals surface area contributed by atoms with Gasteiger partial charge in [0.05, 0.1) is 23.2 Å². The number of ether oxygens (including phenoxy) is 2. The van der Waals surface area contributed by atoms with Gasteiger partial charge in [-0.1, -0.05) is 26.0 Å². The largest absolute Gasteiger partial charge is 0.496 e. The van der Waals surface area contributed by atoms with Crippen molar-refractivity contribution in [3.8, 4) is 11.5 Å². The highest BCUT2D eigenvalue weighted by molar-refractivity contribution is 9.10. The van der Waals surface area contributed by atoms with Gasteiger partial charge in [0.1, 0.15) is 11.5 Å². The van der Waals surface area contributed by atoms with E-state index in [0.29, 0.717) is 0 Å². The van der Waals surface area contributed by atoms with Gasteiger partial charge < -0.3 is 9.47 Å². The van der Waals surface area contributed by atoms with Gasteiger partial charge in [-0.05, 0) is 67.3 Å². The molecule has 0 spiro atoms. The van der Waals surface area contributed by atoms with E-state index in [9.17, 15) is 0 Å². The third-order valence-corrected chi connectivity index (χ3v) is 5.06. The summed E-state index contributed by atoms with van der Waals surface area (Å²) in [4.78, 5) is 0. The summed E-state index contributed by atoms with van der Waals surface area (Å²) in [5, 5.41) is 0. The van der Waals surface area contributed by atoms with Crippen LogP contribution in [0.3, 0.4) is 0 Å². The average molecular weight is 414 g/mol. The van der Waals surface area contributed by atoms with E-state index in [2.05, 4.69) is 70.0 Å². The van der Waals surface area contributed by atoms with Gasteiger partial charge in [0.2, 0.25) is 0 Å². The van der Waals surface area contributed by atoms with Gasteiger partial charge >= 0.3 is 0 Å². The Kier molecular flexibility index (Phi) is 4.99. The van der Waals surface area contributed by atoms with E-state index in [1.165, 1.54) is 11.1 Å². The van der Waals surface area contributed by atoms with Crippen LogP contribution < -0.4 is 9.47 Å². The van der Waals surface area contributed by atoms with Crippen LogP contribution in [-0.4, -0.2) is 14.2 Å². The molecule has 0 aliphatic heterocycles. The summed E-state index contributed by atoms with van der Waals surface area (Å²) in [6, 6.07) is 12.4. The lowest BCUT2D eigenvalue weighted by Gasteiger charge is -2.27. The summed E-state index contributed by atoms with van der Waals surface area (Å²) in [7, 11) is 3.36. The molecule has 0 fully saturated rings. The summed E-state index contributed by atoms with van der Waals surface area (Å²) in [5.41, 5.74) is 2.22. The van der Waals surface area contributed by atoms with E-state index >= 15 is 0 Å². The fourth-order valence-corrected chi connectivity index (χ4v) is 3.08. The third-order valence-electron chi connectivity index (χ3n) is 3.75. The summed E-state index contributed by atoms with van der Waals surface area (Å²) >= 11 is 6.99. The van der Waals surface area contributed by atoms with Crippen molar-refractivity contribution in [2.24, 2.45) is 0 Å². The summed E-state index contributed by atoms with van der Waals surface area (Å²) in [6.07, 6.45) is 0. The standard InChI is InChI=1S/C17H18Br2O2/c1-17(2,11-5-7-13(18)15(9-11)20-3)12-6-8-14(19)16(10-12)21-4/h5-10H,1-4H3. The SMILES string of the molecule is COc1cc(C(C)(C)c2ccc(Br)c(OC)c2)ccc1Br. The molecule has 112 valence electrons. The van der Waals surface area contributed by atoms with Gasteiger partial charge in [-0.25, -0.2) is 0 Å². The lowest BCUT2D eigenvalue weighted by Crippen LogP contribution is -2.19. The molecule has 0 saturated heterocycles. The van der Waals surface area contributed by atoms with E-state index < -0.39 is 0 Å². The second-order valence-electron chi connectivity index (χ2n) is 5.32. The summed E-state index contributed by atoms with van der Waals surface area (Å²) in [6.45, 7) is 4.39. The van der Waals surface area contributed by atoms with Gasteiger partial charge in [0, 0.05) is 5.41 Å². The normalized spacial score (nSPS) is 11.3. The van der Waals surface area contributed by atoms with E-state index in [-0.39, 0.29) is 5.41 Å². The minimum atomic E-state index is -0.151. The number of methoxy groups -OCH3 is 2. The lowest BCUT2D eigenvalue weighted by molar-refractivity contribution is 0.409. The second-order valence-corrected chi connectivity index (χ2v) is 7.03. The molecule has 2 rings (SSSR count). The second kappa shape index (κ2) is 6.41. The van der Waals surface area contributed by atoms with Crippen molar-refractivity contribution in [3.05, 3.63) is 56.5 Å². The molecule has 0 aromatic heterocycles. The minimum Gasteiger partial charge on any atom is -0.496 e. The van der Waals surface area contributed by atoms with Gasteiger partial charge in [-0.15, -0.1) is 0 Å². The monoisotopic (exact) mass is 412 g/mol. The Bertz CT molecular complexity index is 596. The van der Waals surface area contributed by atoms with E-state index in [1.54, 1.807) is 14.2 Å². The van der Waals surface area contributed by atoms with Gasteiger partial charge in [0.15, 0.2) is 0 Å². The van der Waals surface area contributed by atoms with Crippen LogP contribution in [0.25, 0.3) is 0 Å². The molecule has 0 heterocycles. The van der Waals surface area contributed by atoms with Crippen molar-refractivity contribution in [1.82, 2.24) is 0 Å². The van der Waals surface area contributed by atoms with Gasteiger partial charge in [-0.3, -0.25) is 0 Å². The molecular formula is C17H18Br2O2. The van der Waals surface area contributed by atoms with Crippen LogP contribution in [-0.2, 0) is 5.41 Å². The maximum atomic E-state index is 5.40. The van der Waals surface area contributed by atoms with Crippen LogP contribution >= 0.6 is 31.9 Å². The van der Waals surface area contributed by atoms with Crippen LogP contribution in [0, 0.1) is 0 Å².